The molecule has 6 atom stereocenters. The first-order valence-electron chi connectivity index (χ1n) is 14.4. The van der Waals surface area contributed by atoms with Gasteiger partial charge in [-0.1, -0.05) is 12.1 Å². The summed E-state index contributed by atoms with van der Waals surface area (Å²) in [6, 6.07) is -0.253. The molecular formula is C27H34N8O10. The molecule has 3 N–H and O–H groups in total. The van der Waals surface area contributed by atoms with Gasteiger partial charge in [-0.2, -0.15) is 0 Å². The van der Waals surface area contributed by atoms with Crippen molar-refractivity contribution in [3.63, 3.8) is 0 Å². The van der Waals surface area contributed by atoms with E-state index in [-0.39, 0.29) is 31.7 Å². The molecule has 2 saturated heterocycles. The minimum absolute atomic E-state index is 0.0151. The molecule has 18 heteroatoms. The van der Waals surface area contributed by atoms with Crippen LogP contribution < -0.4 is 27.8 Å². The van der Waals surface area contributed by atoms with E-state index in [0.29, 0.717) is 29.7 Å². The zero-order chi connectivity index (χ0) is 32.4. The summed E-state index contributed by atoms with van der Waals surface area (Å²) in [4.78, 5) is 76.9. The van der Waals surface area contributed by atoms with Crippen molar-refractivity contribution in [2.75, 3.05) is 6.61 Å². The smallest absolute Gasteiger partial charge is 0.407 e. The summed E-state index contributed by atoms with van der Waals surface area (Å²) in [6.45, 7) is 6.01. The summed E-state index contributed by atoms with van der Waals surface area (Å²) in [5.41, 5.74) is -1.11. The number of alkyl carbamates (subject to hydrolysis) is 1. The average Bonchev–Trinajstić information content (AvgIpc) is 3.73. The highest BCUT2D eigenvalue weighted by molar-refractivity contribution is 5.67. The summed E-state index contributed by atoms with van der Waals surface area (Å²) < 4.78 is 26.8. The first-order valence-corrected chi connectivity index (χ1v) is 14.4. The van der Waals surface area contributed by atoms with Crippen LogP contribution in [0.15, 0.2) is 37.8 Å². The van der Waals surface area contributed by atoms with Crippen LogP contribution in [0.5, 0.6) is 0 Å². The number of aromatic amines is 2. The summed E-state index contributed by atoms with van der Waals surface area (Å²) in [5, 5.41) is 10.9. The largest absolute Gasteiger partial charge is 0.459 e. The molecule has 2 aliphatic rings. The first-order chi connectivity index (χ1) is 21.4. The third kappa shape index (κ3) is 6.96. The van der Waals surface area contributed by atoms with Crippen LogP contribution in [-0.2, 0) is 30.3 Å². The minimum Gasteiger partial charge on any atom is -0.459 e. The lowest BCUT2D eigenvalue weighted by molar-refractivity contribution is -0.150. The highest BCUT2D eigenvalue weighted by Gasteiger charge is 2.40. The van der Waals surface area contributed by atoms with Crippen LogP contribution in [0.4, 0.5) is 4.79 Å². The fourth-order valence-corrected chi connectivity index (χ4v) is 5.42. The van der Waals surface area contributed by atoms with Crippen LogP contribution in [-0.4, -0.2) is 71.1 Å². The summed E-state index contributed by atoms with van der Waals surface area (Å²) in [5.74, 6) is -0.572. The Morgan fingerprint density at radius 3 is 2.16 bits per heavy atom. The van der Waals surface area contributed by atoms with E-state index in [9.17, 15) is 28.8 Å². The number of aryl methyl sites for hydroxylation is 2. The van der Waals surface area contributed by atoms with Crippen molar-refractivity contribution in [3.05, 3.63) is 77.1 Å². The van der Waals surface area contributed by atoms with Gasteiger partial charge in [0.05, 0.1) is 24.9 Å². The number of H-pyrrole nitrogens is 2. The molecule has 0 bridgehead atoms. The molecule has 0 spiro atoms. The molecule has 2 fully saturated rings. The Bertz CT molecular complexity index is 1810. The topological polar surface area (TPSA) is 224 Å². The number of nitrogens with zero attached hydrogens (tertiary/aromatic N) is 5. The lowest BCUT2D eigenvalue weighted by atomic mass is 10.1. The van der Waals surface area contributed by atoms with Crippen molar-refractivity contribution in [1.82, 2.24) is 39.4 Å². The van der Waals surface area contributed by atoms with Gasteiger partial charge in [-0.3, -0.25) is 33.5 Å². The maximum Gasteiger partial charge on any atom is 0.407 e. The van der Waals surface area contributed by atoms with Gasteiger partial charge >= 0.3 is 23.4 Å². The number of carbonyl (C=O) groups is 2. The Labute approximate surface area is 254 Å². The van der Waals surface area contributed by atoms with E-state index in [2.05, 4.69) is 25.6 Å². The number of amides is 1. The molecule has 1 amide bonds. The number of esters is 1. The zero-order valence-corrected chi connectivity index (χ0v) is 25.1. The number of aromatic nitrogens is 7. The van der Waals surface area contributed by atoms with Gasteiger partial charge in [-0.15, -0.1) is 5.10 Å². The van der Waals surface area contributed by atoms with Gasteiger partial charge in [0, 0.05) is 43.3 Å². The van der Waals surface area contributed by atoms with E-state index in [1.165, 1.54) is 35.4 Å². The van der Waals surface area contributed by atoms with Crippen molar-refractivity contribution in [2.24, 2.45) is 0 Å². The molecule has 242 valence electrons. The Kier molecular flexibility index (Phi) is 9.14. The predicted molar refractivity (Wildman–Crippen MR) is 152 cm³/mol. The number of ether oxygens (including phenoxy) is 4. The van der Waals surface area contributed by atoms with Gasteiger partial charge in [-0.25, -0.2) is 19.1 Å². The monoisotopic (exact) mass is 630 g/mol. The molecule has 3 aromatic rings. The van der Waals surface area contributed by atoms with Crippen LogP contribution in [0.1, 0.15) is 68.4 Å². The molecule has 18 nitrogen and oxygen atoms in total. The highest BCUT2D eigenvalue weighted by atomic mass is 16.6. The van der Waals surface area contributed by atoms with Crippen LogP contribution in [0, 0.1) is 13.8 Å². The Hall–Kier alpha value is -4.84. The number of carbonyl (C=O) groups excluding carboxylic acids is 2. The van der Waals surface area contributed by atoms with E-state index in [0.717, 1.165) is 0 Å². The molecule has 0 aliphatic carbocycles. The highest BCUT2D eigenvalue weighted by Crippen LogP contribution is 2.37. The van der Waals surface area contributed by atoms with Crippen molar-refractivity contribution in [1.29, 1.82) is 0 Å². The van der Waals surface area contributed by atoms with Gasteiger partial charge < -0.3 is 24.3 Å². The number of hydrogen-bond acceptors (Lipinski definition) is 12. The molecule has 3 aromatic heterocycles. The number of rotatable bonds is 9. The molecule has 45 heavy (non-hydrogen) atoms. The molecule has 0 radical (unpaired) electrons. The number of hydrogen-bond donors (Lipinski definition) is 3. The van der Waals surface area contributed by atoms with Crippen LogP contribution in [0.3, 0.4) is 0 Å². The summed E-state index contributed by atoms with van der Waals surface area (Å²) in [6.07, 6.45) is 1.40. The third-order valence-electron chi connectivity index (χ3n) is 7.71. The predicted octanol–water partition coefficient (Wildman–Crippen LogP) is -0.321. The normalized spacial score (nSPS) is 24.4. The maximum absolute atomic E-state index is 12.5. The van der Waals surface area contributed by atoms with Crippen molar-refractivity contribution < 1.29 is 28.5 Å². The molecule has 0 aromatic carbocycles. The summed E-state index contributed by atoms with van der Waals surface area (Å²) in [7, 11) is 0. The fourth-order valence-electron chi connectivity index (χ4n) is 5.42. The van der Waals surface area contributed by atoms with Crippen molar-refractivity contribution in [3.8, 4) is 0 Å². The Balaban J connectivity index is 1.17. The van der Waals surface area contributed by atoms with Gasteiger partial charge in [0.2, 0.25) is 0 Å². The van der Waals surface area contributed by atoms with E-state index in [4.69, 9.17) is 18.9 Å². The lowest BCUT2D eigenvalue weighted by Gasteiger charge is -2.18. The van der Waals surface area contributed by atoms with Crippen molar-refractivity contribution >= 4 is 12.1 Å². The summed E-state index contributed by atoms with van der Waals surface area (Å²) >= 11 is 0. The van der Waals surface area contributed by atoms with Crippen LogP contribution >= 0.6 is 0 Å². The molecule has 2 unspecified atom stereocenters. The second kappa shape index (κ2) is 13.0. The minimum atomic E-state index is -0.871. The fraction of sp³-hybridized carbons (Fsp3) is 0.556. The Morgan fingerprint density at radius 1 is 0.956 bits per heavy atom. The van der Waals surface area contributed by atoms with Crippen LogP contribution in [0.2, 0.25) is 0 Å². The van der Waals surface area contributed by atoms with Gasteiger partial charge in [0.1, 0.15) is 37.0 Å². The second-order valence-corrected chi connectivity index (χ2v) is 11.0. The molecule has 0 saturated carbocycles. The standard InChI is InChI=1S/C27H34N8O10/c1-5-18-17(6-21(44-18)33-9-13(2)23(37)29-25(33)39)35-11-16(31-32-35)8-28-27(41)42-12-20-19(43-15(4)36)7-22(45-20)34-10-14(3)24(38)30-26(34)40/h9-11,17-22H,5-8,12H2,1-4H3,(H,28,41)(H,29,37,39)(H,30,38,40)/t17?,18-,19?,20-,21-,22-/m1/s1. The Morgan fingerprint density at radius 2 is 1.56 bits per heavy atom. The SMILES string of the molecule is CC[C@H]1O[C@@H](n2cc(C)c(=O)[nH]c2=O)CC1n1cc(CNC(=O)OC[C@H]2O[C@@H](n3cc(C)c(=O)[nH]c3=O)CC2OC(C)=O)nn1. The zero-order valence-electron chi connectivity index (χ0n) is 25.1. The van der Waals surface area contributed by atoms with Gasteiger partial charge in [0.25, 0.3) is 11.1 Å². The molecular weight excluding hydrogens is 596 g/mol. The molecule has 5 heterocycles. The van der Waals surface area contributed by atoms with Crippen molar-refractivity contribution in [2.45, 2.75) is 90.3 Å². The van der Waals surface area contributed by atoms with Crippen LogP contribution in [0.25, 0.3) is 0 Å². The maximum atomic E-state index is 12.5. The quantitative estimate of drug-likeness (QED) is 0.259. The van der Waals surface area contributed by atoms with E-state index in [1.54, 1.807) is 17.8 Å². The molecule has 2 aliphatic heterocycles. The van der Waals surface area contributed by atoms with E-state index >= 15 is 0 Å². The van der Waals surface area contributed by atoms with Gasteiger partial charge in [0.15, 0.2) is 0 Å². The third-order valence-corrected chi connectivity index (χ3v) is 7.71. The number of nitrogens with one attached hydrogen (secondary N) is 3. The molecule has 5 rings (SSSR count). The lowest BCUT2D eigenvalue weighted by Crippen LogP contribution is -2.34. The van der Waals surface area contributed by atoms with Gasteiger partial charge in [-0.05, 0) is 20.3 Å². The first kappa shape index (κ1) is 31.6. The second-order valence-electron chi connectivity index (χ2n) is 11.0. The van der Waals surface area contributed by atoms with E-state index < -0.39 is 59.2 Å². The van der Waals surface area contributed by atoms with E-state index in [1.807, 2.05) is 6.92 Å². The average molecular weight is 631 g/mol.